The van der Waals surface area contributed by atoms with E-state index in [1.165, 1.54) is 0 Å². The number of aromatic carboxylic acids is 1. The van der Waals surface area contributed by atoms with Crippen molar-refractivity contribution >= 4 is 29.2 Å². The van der Waals surface area contributed by atoms with E-state index < -0.39 is 22.5 Å². The van der Waals surface area contributed by atoms with Gasteiger partial charge < -0.3 is 15.3 Å². The number of carboxylic acids is 1. The predicted octanol–water partition coefficient (Wildman–Crippen LogP) is 3.06. The van der Waals surface area contributed by atoms with Gasteiger partial charge in [0.05, 0.1) is 5.02 Å². The molecule has 0 saturated carbocycles. The van der Waals surface area contributed by atoms with Crippen LogP contribution < -0.4 is 0 Å². The van der Waals surface area contributed by atoms with Gasteiger partial charge in [-0.3, -0.25) is 0 Å². The Balaban J connectivity index is 3.61. The Morgan fingerprint density at radius 3 is 2.19 bits per heavy atom. The number of hydrogen-bond donors (Lipinski definition) is 3. The van der Waals surface area contributed by atoms with Gasteiger partial charge in [0.1, 0.15) is 10.6 Å². The number of phenols is 2. The van der Waals surface area contributed by atoms with Crippen LogP contribution in [0.4, 0.5) is 0 Å². The first kappa shape index (κ1) is 12.9. The quantitative estimate of drug-likeness (QED) is 0.784. The molecule has 0 fully saturated rings. The van der Waals surface area contributed by atoms with Crippen LogP contribution in [0.3, 0.4) is 0 Å². The Morgan fingerprint density at radius 2 is 1.75 bits per heavy atom. The summed E-state index contributed by atoms with van der Waals surface area (Å²) < 4.78 is 0. The van der Waals surface area contributed by atoms with Gasteiger partial charge in [-0.05, 0) is 12.0 Å². The summed E-state index contributed by atoms with van der Waals surface area (Å²) in [5.74, 6) is -2.47. The standard InChI is InChI=1S/C10H10Cl2O4/c1-2-3-4-5(10(15)16)8(13)7(12)9(14)6(4)11/h13-14H,2-3H2,1H3,(H,15,16). The molecule has 0 amide bonds. The average molecular weight is 265 g/mol. The van der Waals surface area contributed by atoms with Crippen LogP contribution in [0.5, 0.6) is 11.5 Å². The van der Waals surface area contributed by atoms with Crippen molar-refractivity contribution in [2.75, 3.05) is 0 Å². The van der Waals surface area contributed by atoms with Crippen molar-refractivity contribution < 1.29 is 20.1 Å². The summed E-state index contributed by atoms with van der Waals surface area (Å²) in [4.78, 5) is 11.0. The molecule has 16 heavy (non-hydrogen) atoms. The van der Waals surface area contributed by atoms with Crippen LogP contribution in [-0.4, -0.2) is 21.3 Å². The Labute approximate surface area is 102 Å². The molecule has 4 nitrogen and oxygen atoms in total. The lowest BCUT2D eigenvalue weighted by Gasteiger charge is -2.12. The number of carbonyl (C=O) groups is 1. The van der Waals surface area contributed by atoms with Crippen LogP contribution in [0.25, 0.3) is 0 Å². The van der Waals surface area contributed by atoms with Crippen molar-refractivity contribution in [3.63, 3.8) is 0 Å². The van der Waals surface area contributed by atoms with E-state index in [1.807, 2.05) is 6.92 Å². The molecular formula is C10H10Cl2O4. The lowest BCUT2D eigenvalue weighted by molar-refractivity contribution is 0.0692. The predicted molar refractivity (Wildman–Crippen MR) is 60.7 cm³/mol. The van der Waals surface area contributed by atoms with Crippen molar-refractivity contribution in [1.82, 2.24) is 0 Å². The molecule has 0 atom stereocenters. The number of carboxylic acid groups (broad SMARTS) is 1. The van der Waals surface area contributed by atoms with E-state index in [0.29, 0.717) is 12.8 Å². The highest BCUT2D eigenvalue weighted by molar-refractivity contribution is 6.39. The molecule has 0 aliphatic carbocycles. The van der Waals surface area contributed by atoms with Gasteiger partial charge in [0, 0.05) is 0 Å². The van der Waals surface area contributed by atoms with Crippen molar-refractivity contribution in [3.05, 3.63) is 21.2 Å². The van der Waals surface area contributed by atoms with Crippen molar-refractivity contribution in [2.24, 2.45) is 0 Å². The largest absolute Gasteiger partial charge is 0.505 e. The molecule has 1 aromatic carbocycles. The van der Waals surface area contributed by atoms with E-state index in [2.05, 4.69) is 0 Å². The third-order valence-corrected chi connectivity index (χ3v) is 2.91. The van der Waals surface area contributed by atoms with Gasteiger partial charge in [0.15, 0.2) is 11.5 Å². The molecule has 1 rings (SSSR count). The zero-order valence-electron chi connectivity index (χ0n) is 8.42. The minimum Gasteiger partial charge on any atom is -0.505 e. The fourth-order valence-electron chi connectivity index (χ4n) is 1.43. The third-order valence-electron chi connectivity index (χ3n) is 2.14. The van der Waals surface area contributed by atoms with E-state index in [-0.39, 0.29) is 16.1 Å². The molecule has 3 N–H and O–H groups in total. The van der Waals surface area contributed by atoms with E-state index in [1.54, 1.807) is 0 Å². The van der Waals surface area contributed by atoms with Crippen LogP contribution >= 0.6 is 23.2 Å². The maximum absolute atomic E-state index is 11.0. The maximum Gasteiger partial charge on any atom is 0.339 e. The smallest absolute Gasteiger partial charge is 0.339 e. The lowest BCUT2D eigenvalue weighted by Crippen LogP contribution is -2.04. The van der Waals surface area contributed by atoms with E-state index in [9.17, 15) is 15.0 Å². The van der Waals surface area contributed by atoms with E-state index in [4.69, 9.17) is 28.3 Å². The molecule has 0 heterocycles. The summed E-state index contributed by atoms with van der Waals surface area (Å²) in [5.41, 5.74) is -0.161. The maximum atomic E-state index is 11.0. The summed E-state index contributed by atoms with van der Waals surface area (Å²) in [5, 5.41) is 27.4. The molecule has 88 valence electrons. The van der Waals surface area contributed by atoms with Gasteiger partial charge in [0.2, 0.25) is 0 Å². The van der Waals surface area contributed by atoms with Crippen LogP contribution in [0.1, 0.15) is 29.3 Å². The summed E-state index contributed by atoms with van der Waals surface area (Å²) >= 11 is 11.3. The van der Waals surface area contributed by atoms with Crippen LogP contribution in [-0.2, 0) is 6.42 Å². The fourth-order valence-corrected chi connectivity index (χ4v) is 1.95. The third kappa shape index (κ3) is 2.03. The number of hydrogen-bond acceptors (Lipinski definition) is 3. The second kappa shape index (κ2) is 4.80. The average Bonchev–Trinajstić information content (AvgIpc) is 2.23. The Kier molecular flexibility index (Phi) is 3.88. The van der Waals surface area contributed by atoms with E-state index >= 15 is 0 Å². The molecule has 0 unspecified atom stereocenters. The first-order valence-electron chi connectivity index (χ1n) is 4.56. The fraction of sp³-hybridized carbons (Fsp3) is 0.300. The highest BCUT2D eigenvalue weighted by Gasteiger charge is 2.25. The zero-order valence-corrected chi connectivity index (χ0v) is 9.93. The van der Waals surface area contributed by atoms with Gasteiger partial charge in [-0.15, -0.1) is 0 Å². The SMILES string of the molecule is CCCc1c(Cl)c(O)c(Cl)c(O)c1C(=O)O. The summed E-state index contributed by atoms with van der Waals surface area (Å²) in [6, 6.07) is 0. The lowest BCUT2D eigenvalue weighted by atomic mass is 10.0. The molecular weight excluding hydrogens is 255 g/mol. The Bertz CT molecular complexity index is 443. The number of phenolic OH excluding ortho intramolecular Hbond substituents is 1. The Morgan fingerprint density at radius 1 is 1.19 bits per heavy atom. The van der Waals surface area contributed by atoms with Gasteiger partial charge in [-0.25, -0.2) is 4.79 Å². The number of halogens is 2. The van der Waals surface area contributed by atoms with Gasteiger partial charge >= 0.3 is 5.97 Å². The molecule has 1 aromatic rings. The summed E-state index contributed by atoms with van der Waals surface area (Å²) in [6.07, 6.45) is 0.958. The number of benzene rings is 1. The zero-order chi connectivity index (χ0) is 12.5. The molecule has 0 aliphatic rings. The monoisotopic (exact) mass is 264 g/mol. The van der Waals surface area contributed by atoms with Crippen LogP contribution in [0, 0.1) is 0 Å². The first-order chi connectivity index (χ1) is 7.41. The molecule has 0 aromatic heterocycles. The highest BCUT2D eigenvalue weighted by Crippen LogP contribution is 2.44. The van der Waals surface area contributed by atoms with Crippen molar-refractivity contribution in [2.45, 2.75) is 19.8 Å². The molecule has 0 radical (unpaired) electrons. The van der Waals surface area contributed by atoms with Crippen LogP contribution in [0.2, 0.25) is 10.0 Å². The van der Waals surface area contributed by atoms with E-state index in [0.717, 1.165) is 0 Å². The topological polar surface area (TPSA) is 77.8 Å². The number of aromatic hydroxyl groups is 2. The summed E-state index contributed by atoms with van der Waals surface area (Å²) in [7, 11) is 0. The Hall–Kier alpha value is -1.13. The highest BCUT2D eigenvalue weighted by atomic mass is 35.5. The molecule has 0 aliphatic heterocycles. The molecule has 0 spiro atoms. The summed E-state index contributed by atoms with van der Waals surface area (Å²) in [6.45, 7) is 1.82. The minimum absolute atomic E-state index is 0.123. The second-order valence-corrected chi connectivity index (χ2v) is 3.99. The van der Waals surface area contributed by atoms with Crippen LogP contribution in [0.15, 0.2) is 0 Å². The molecule has 0 bridgehead atoms. The first-order valence-corrected chi connectivity index (χ1v) is 5.32. The van der Waals surface area contributed by atoms with Gasteiger partial charge in [-0.1, -0.05) is 36.5 Å². The van der Waals surface area contributed by atoms with Gasteiger partial charge in [-0.2, -0.15) is 0 Å². The van der Waals surface area contributed by atoms with Crippen molar-refractivity contribution in [3.8, 4) is 11.5 Å². The second-order valence-electron chi connectivity index (χ2n) is 3.23. The normalized spacial score (nSPS) is 10.4. The van der Waals surface area contributed by atoms with Crippen molar-refractivity contribution in [1.29, 1.82) is 0 Å². The number of rotatable bonds is 3. The molecule has 6 heteroatoms. The molecule has 0 saturated heterocycles. The minimum atomic E-state index is -1.33. The van der Waals surface area contributed by atoms with Gasteiger partial charge in [0.25, 0.3) is 0 Å².